The molecule has 0 aliphatic heterocycles. The molecule has 0 bridgehead atoms. The second kappa shape index (κ2) is 11.1. The maximum atomic E-state index is 9.13. The Morgan fingerprint density at radius 2 is 1.90 bits per heavy atom. The van der Waals surface area contributed by atoms with E-state index < -0.39 is 0 Å². The van der Waals surface area contributed by atoms with Crippen LogP contribution in [0.5, 0.6) is 0 Å². The van der Waals surface area contributed by atoms with Crippen LogP contribution in [0.3, 0.4) is 0 Å². The van der Waals surface area contributed by atoms with Gasteiger partial charge < -0.3 is 5.53 Å². The van der Waals surface area contributed by atoms with Crippen molar-refractivity contribution in [1.29, 1.82) is 0 Å². The van der Waals surface area contributed by atoms with E-state index in [0.717, 1.165) is 0 Å². The average molecular weight is 152 g/mol. The molecule has 0 aromatic carbocycles. The predicted octanol–water partition coefficient (Wildman–Crippen LogP) is -2.07. The number of hydrogen-bond donors (Lipinski definition) is 1. The molecule has 0 fully saturated rings. The van der Waals surface area contributed by atoms with Gasteiger partial charge in [-0.25, -0.2) is 0 Å². The minimum absolute atomic E-state index is 0. The molecule has 48 valence electrons. The Labute approximate surface area is 77.0 Å². The summed E-state index contributed by atoms with van der Waals surface area (Å²) in [6.45, 7) is 0. The van der Waals surface area contributed by atoms with Crippen LogP contribution in [0.25, 0.3) is 5.53 Å². The van der Waals surface area contributed by atoms with E-state index >= 15 is 0 Å². The third-order valence-corrected chi connectivity index (χ3v) is 0.251. The van der Waals surface area contributed by atoms with Crippen LogP contribution in [0.4, 0.5) is 0 Å². The fraction of sp³-hybridized carbons (Fsp3) is 0. The maximum Gasteiger partial charge on any atom is 1.00 e. The van der Waals surface area contributed by atoms with Crippen molar-refractivity contribution >= 4 is 0 Å². The number of rotatable bonds is 4. The third kappa shape index (κ3) is 10.2. The van der Waals surface area contributed by atoms with Crippen molar-refractivity contribution in [1.82, 2.24) is 5.53 Å². The van der Waals surface area contributed by atoms with Crippen molar-refractivity contribution in [2.75, 3.05) is 0 Å². The monoisotopic (exact) mass is 152 g/mol. The molecule has 0 saturated heterocycles. The molecule has 0 atom stereocenters. The molecular weight excluding hydrogens is 151 g/mol. The van der Waals surface area contributed by atoms with Crippen LogP contribution in [0.15, 0.2) is 31.4 Å². The van der Waals surface area contributed by atoms with Gasteiger partial charge in [0.1, 0.15) is 5.29 Å². The minimum atomic E-state index is 0. The third-order valence-electron chi connectivity index (χ3n) is 0.251. The second-order valence-electron chi connectivity index (χ2n) is 0.650. The largest absolute Gasteiger partial charge is 1.00 e. The molecule has 0 aromatic heterocycles. The summed E-state index contributed by atoms with van der Waals surface area (Å²) < 4.78 is 0. The normalized spacial score (nSPS) is 9.20. The molecule has 9 nitrogen and oxygen atoms in total. The van der Waals surface area contributed by atoms with Crippen molar-refractivity contribution in [3.05, 3.63) is 10.4 Å². The summed E-state index contributed by atoms with van der Waals surface area (Å²) in [6.07, 6.45) is 0. The van der Waals surface area contributed by atoms with Crippen LogP contribution in [0, 0.1) is 4.91 Å². The molecule has 0 aliphatic carbocycles. The van der Waals surface area contributed by atoms with E-state index in [1.165, 1.54) is 0 Å². The van der Waals surface area contributed by atoms with Crippen LogP contribution < -0.4 is 35.1 Å². The van der Waals surface area contributed by atoms with Crippen LogP contribution in [0.2, 0.25) is 0 Å². The van der Waals surface area contributed by atoms with Crippen molar-refractivity contribution < 1.29 is 29.6 Å². The maximum absolute atomic E-state index is 9.13. The topological polar surface area (TPSA) is 126 Å². The van der Waals surface area contributed by atoms with Gasteiger partial charge >= 0.3 is 29.6 Å². The first-order chi connectivity index (χ1) is 4.41. The van der Waals surface area contributed by atoms with E-state index in [-0.39, 0.29) is 29.6 Å². The standard InChI is InChI=1S/HN8O.Na/c1-2-3-4-5-6-7-8-9;/h(H-,1,3,5,7,9);/q-1;+1. The molecule has 0 spiro atoms. The molecule has 0 aromatic rings. The molecular formula is HN8NaO. The number of hydrogen-bond acceptors (Lipinski definition) is 3. The average Bonchev–Trinajstić information content (AvgIpc) is 1.89. The van der Waals surface area contributed by atoms with Gasteiger partial charge in [-0.1, -0.05) is 0 Å². The summed E-state index contributed by atoms with van der Waals surface area (Å²) in [4.78, 5) is 9.13. The van der Waals surface area contributed by atoms with Crippen molar-refractivity contribution in [2.45, 2.75) is 0 Å². The van der Waals surface area contributed by atoms with Crippen LogP contribution >= 0.6 is 0 Å². The molecule has 10 heteroatoms. The van der Waals surface area contributed by atoms with E-state index in [9.17, 15) is 0 Å². The van der Waals surface area contributed by atoms with E-state index in [0.29, 0.717) is 0 Å². The van der Waals surface area contributed by atoms with E-state index in [1.54, 1.807) is 5.53 Å². The Morgan fingerprint density at radius 1 is 1.20 bits per heavy atom. The van der Waals surface area contributed by atoms with Gasteiger partial charge in [-0.3, -0.25) is 10.8 Å². The summed E-state index contributed by atoms with van der Waals surface area (Å²) in [5, 5.41) is 15.1. The van der Waals surface area contributed by atoms with E-state index in [2.05, 4.69) is 26.1 Å². The first-order valence-corrected chi connectivity index (χ1v) is 1.63. The Hall–Kier alpha value is -0.800. The van der Waals surface area contributed by atoms with Gasteiger partial charge in [-0.15, -0.1) is 10.1 Å². The van der Waals surface area contributed by atoms with Gasteiger partial charge in [0.2, 0.25) is 0 Å². The summed E-state index contributed by atoms with van der Waals surface area (Å²) >= 11 is 0. The van der Waals surface area contributed by atoms with Crippen LogP contribution in [-0.4, -0.2) is 0 Å². The molecule has 1 N–H and O–H groups in total. The van der Waals surface area contributed by atoms with Crippen LogP contribution in [-0.2, 0) is 0 Å². The molecule has 0 unspecified atom stereocenters. The first-order valence-electron chi connectivity index (χ1n) is 1.63. The SMILES string of the molecule is [N-]=NN/N=N/N=N/N=O.[Na+]. The zero-order valence-corrected chi connectivity index (χ0v) is 7.04. The molecule has 0 aliphatic rings. The summed E-state index contributed by atoms with van der Waals surface area (Å²) in [5.74, 6) is 0. The molecule has 0 saturated carbocycles. The van der Waals surface area contributed by atoms with Gasteiger partial charge in [0, 0.05) is 5.22 Å². The summed E-state index contributed by atoms with van der Waals surface area (Å²) in [7, 11) is 0. The zero-order chi connectivity index (χ0) is 6.95. The predicted molar refractivity (Wildman–Crippen MR) is 24.4 cm³/mol. The molecule has 0 amide bonds. The van der Waals surface area contributed by atoms with E-state index in [4.69, 9.17) is 10.4 Å². The second-order valence-corrected chi connectivity index (χ2v) is 0.650. The van der Waals surface area contributed by atoms with Crippen molar-refractivity contribution in [3.63, 3.8) is 0 Å². The zero-order valence-electron chi connectivity index (χ0n) is 5.04. The Morgan fingerprint density at radius 3 is 2.40 bits per heavy atom. The van der Waals surface area contributed by atoms with Gasteiger partial charge in [-0.05, 0) is 10.4 Å². The van der Waals surface area contributed by atoms with E-state index in [1.807, 2.05) is 5.29 Å². The van der Waals surface area contributed by atoms with Crippen LogP contribution in [0.1, 0.15) is 0 Å². The number of nitrogens with zero attached hydrogens (tertiary/aromatic N) is 7. The van der Waals surface area contributed by atoms with Gasteiger partial charge in [0.05, 0.1) is 0 Å². The molecule has 0 rings (SSSR count). The number of nitrogens with one attached hydrogen (secondary N) is 1. The molecule has 0 heterocycles. The molecule has 10 heavy (non-hydrogen) atoms. The number of nitroso groups, excluding NO2 is 1. The Kier molecular flexibility index (Phi) is 13.2. The smallest absolute Gasteiger partial charge is 0.361 e. The molecule has 0 radical (unpaired) electrons. The summed E-state index contributed by atoms with van der Waals surface area (Å²) in [5.41, 5.74) is 9.27. The van der Waals surface area contributed by atoms with Gasteiger partial charge in [-0.2, -0.15) is 0 Å². The first kappa shape index (κ1) is 11.9. The Balaban J connectivity index is 0. The van der Waals surface area contributed by atoms with Gasteiger partial charge in [0.15, 0.2) is 0 Å². The fourth-order valence-electron chi connectivity index (χ4n) is 0.0942. The van der Waals surface area contributed by atoms with Crippen molar-refractivity contribution in [2.24, 2.45) is 31.4 Å². The summed E-state index contributed by atoms with van der Waals surface area (Å²) in [6, 6.07) is 0. The quantitative estimate of drug-likeness (QED) is 0.215. The minimum Gasteiger partial charge on any atom is -0.361 e. The fourth-order valence-corrected chi connectivity index (χ4v) is 0.0942. The van der Waals surface area contributed by atoms with Crippen molar-refractivity contribution in [3.8, 4) is 0 Å². The Bertz CT molecular complexity index is 136. The van der Waals surface area contributed by atoms with Gasteiger partial charge in [0.25, 0.3) is 0 Å².